The molecular weight excluding hydrogens is 226 g/mol. The summed E-state index contributed by atoms with van der Waals surface area (Å²) in [6.45, 7) is 5.02. The number of carbonyl (C=O) groups excluding carboxylic acids is 2. The highest BCUT2D eigenvalue weighted by Gasteiger charge is 2.33. The Morgan fingerprint density at radius 2 is 1.76 bits per heavy atom. The highest BCUT2D eigenvalue weighted by molar-refractivity contribution is 5.90. The van der Waals surface area contributed by atoms with Crippen LogP contribution in [0.2, 0.25) is 0 Å². The number of carbonyl (C=O) groups is 3. The minimum atomic E-state index is -1.16. The van der Waals surface area contributed by atoms with Gasteiger partial charge in [0.15, 0.2) is 0 Å². The van der Waals surface area contributed by atoms with Crippen LogP contribution in [0, 0.1) is 5.41 Å². The maximum atomic E-state index is 11.5. The molecule has 0 aromatic heterocycles. The van der Waals surface area contributed by atoms with Crippen molar-refractivity contribution >= 4 is 17.8 Å². The third-order valence-corrected chi connectivity index (χ3v) is 2.16. The van der Waals surface area contributed by atoms with Crippen molar-refractivity contribution in [1.29, 1.82) is 0 Å². The van der Waals surface area contributed by atoms with Crippen LogP contribution < -0.4 is 16.8 Å². The first kappa shape index (κ1) is 15.4. The van der Waals surface area contributed by atoms with E-state index in [1.54, 1.807) is 20.8 Å². The van der Waals surface area contributed by atoms with E-state index in [1.807, 2.05) is 0 Å². The summed E-state index contributed by atoms with van der Waals surface area (Å²) in [7, 11) is 0. The smallest absolute Gasteiger partial charge is 0.326 e. The molecule has 0 fully saturated rings. The summed E-state index contributed by atoms with van der Waals surface area (Å²) >= 11 is 0. The molecule has 0 saturated carbocycles. The average Bonchev–Trinajstić information content (AvgIpc) is 2.09. The summed E-state index contributed by atoms with van der Waals surface area (Å²) in [6.07, 6.45) is -0.317. The Hall–Kier alpha value is -1.63. The first-order chi connectivity index (χ1) is 7.55. The Bertz CT molecular complexity index is 322. The van der Waals surface area contributed by atoms with E-state index in [4.69, 9.17) is 16.6 Å². The predicted molar refractivity (Wildman–Crippen MR) is 60.8 cm³/mol. The van der Waals surface area contributed by atoms with Gasteiger partial charge < -0.3 is 21.9 Å². The predicted octanol–water partition coefficient (Wildman–Crippen LogP) is -1.20. The molecule has 0 aromatic carbocycles. The molecule has 2 amide bonds. The molecule has 0 aromatic rings. The summed E-state index contributed by atoms with van der Waals surface area (Å²) in [6, 6.07) is -2.20. The maximum absolute atomic E-state index is 11.5. The van der Waals surface area contributed by atoms with Crippen LogP contribution in [0.4, 0.5) is 0 Å². The first-order valence-electron chi connectivity index (χ1n) is 5.12. The van der Waals surface area contributed by atoms with Gasteiger partial charge in [-0.15, -0.1) is 0 Å². The van der Waals surface area contributed by atoms with Gasteiger partial charge in [-0.25, -0.2) is 4.79 Å². The molecule has 7 heteroatoms. The van der Waals surface area contributed by atoms with E-state index in [2.05, 4.69) is 5.32 Å². The number of carboxylic acid groups (broad SMARTS) is 1. The van der Waals surface area contributed by atoms with E-state index in [1.165, 1.54) is 0 Å². The van der Waals surface area contributed by atoms with Gasteiger partial charge in [-0.1, -0.05) is 20.8 Å². The van der Waals surface area contributed by atoms with Gasteiger partial charge in [0, 0.05) is 0 Å². The lowest BCUT2D eigenvalue weighted by atomic mass is 9.86. The van der Waals surface area contributed by atoms with Gasteiger partial charge in [-0.3, -0.25) is 9.59 Å². The zero-order chi connectivity index (χ0) is 13.8. The SMILES string of the molecule is CC(C)(C)C(NC(=O)C(N)CC(N)=O)C(=O)O. The normalized spacial score (nSPS) is 14.8. The fraction of sp³-hybridized carbons (Fsp3) is 0.700. The van der Waals surface area contributed by atoms with Crippen LogP contribution in [0.15, 0.2) is 0 Å². The lowest BCUT2D eigenvalue weighted by molar-refractivity contribution is -0.145. The second kappa shape index (κ2) is 5.62. The van der Waals surface area contributed by atoms with E-state index in [9.17, 15) is 14.4 Å². The zero-order valence-electron chi connectivity index (χ0n) is 10.2. The second-order valence-corrected chi connectivity index (χ2v) is 4.92. The van der Waals surface area contributed by atoms with Crippen LogP contribution in [0.3, 0.4) is 0 Å². The van der Waals surface area contributed by atoms with Crippen molar-refractivity contribution in [2.75, 3.05) is 0 Å². The number of carboxylic acids is 1. The van der Waals surface area contributed by atoms with Gasteiger partial charge in [0.25, 0.3) is 0 Å². The summed E-state index contributed by atoms with van der Waals surface area (Å²) < 4.78 is 0. The van der Waals surface area contributed by atoms with Crippen LogP contribution in [0.25, 0.3) is 0 Å². The van der Waals surface area contributed by atoms with Crippen molar-refractivity contribution < 1.29 is 19.5 Å². The number of nitrogens with two attached hydrogens (primary N) is 2. The molecule has 0 spiro atoms. The standard InChI is InChI=1S/C10H19N3O4/c1-10(2,3)7(9(16)17)13-8(15)5(11)4-6(12)14/h5,7H,4,11H2,1-3H3,(H2,12,14)(H,13,15)(H,16,17). The molecule has 0 radical (unpaired) electrons. The van der Waals surface area contributed by atoms with Crippen molar-refractivity contribution in [2.45, 2.75) is 39.3 Å². The van der Waals surface area contributed by atoms with Crippen molar-refractivity contribution in [1.82, 2.24) is 5.32 Å². The summed E-state index contributed by atoms with van der Waals surface area (Å²) in [5.41, 5.74) is 9.64. The Balaban J connectivity index is 4.63. The van der Waals surface area contributed by atoms with Gasteiger partial charge in [-0.05, 0) is 5.41 Å². The molecule has 0 aliphatic rings. The second-order valence-electron chi connectivity index (χ2n) is 4.92. The van der Waals surface area contributed by atoms with Crippen LogP contribution >= 0.6 is 0 Å². The van der Waals surface area contributed by atoms with Gasteiger partial charge in [-0.2, -0.15) is 0 Å². The number of amides is 2. The summed E-state index contributed by atoms with van der Waals surface area (Å²) in [5, 5.41) is 11.3. The molecule has 0 aliphatic carbocycles. The molecule has 0 aliphatic heterocycles. The molecule has 17 heavy (non-hydrogen) atoms. The Morgan fingerprint density at radius 1 is 1.29 bits per heavy atom. The minimum Gasteiger partial charge on any atom is -0.480 e. The quantitative estimate of drug-likeness (QED) is 0.482. The minimum absolute atomic E-state index is 0.317. The van der Waals surface area contributed by atoms with Gasteiger partial charge >= 0.3 is 5.97 Å². The molecule has 6 N–H and O–H groups in total. The first-order valence-corrected chi connectivity index (χ1v) is 5.12. The van der Waals surface area contributed by atoms with E-state index in [0.29, 0.717) is 0 Å². The van der Waals surface area contributed by atoms with Crippen molar-refractivity contribution in [3.05, 3.63) is 0 Å². The molecule has 0 heterocycles. The number of hydrogen-bond acceptors (Lipinski definition) is 4. The topological polar surface area (TPSA) is 136 Å². The Labute approximate surface area is 99.5 Å². The molecule has 0 bridgehead atoms. The van der Waals surface area contributed by atoms with Gasteiger partial charge in [0.2, 0.25) is 11.8 Å². The van der Waals surface area contributed by atoms with Crippen molar-refractivity contribution in [3.8, 4) is 0 Å². The van der Waals surface area contributed by atoms with Crippen LogP contribution in [0.5, 0.6) is 0 Å². The molecule has 0 rings (SSSR count). The van der Waals surface area contributed by atoms with Crippen LogP contribution in [-0.4, -0.2) is 35.0 Å². The van der Waals surface area contributed by atoms with Crippen molar-refractivity contribution in [2.24, 2.45) is 16.9 Å². The third kappa shape index (κ3) is 5.30. The Kier molecular flexibility index (Phi) is 5.09. The van der Waals surface area contributed by atoms with Crippen LogP contribution in [-0.2, 0) is 14.4 Å². The molecular formula is C10H19N3O4. The zero-order valence-corrected chi connectivity index (χ0v) is 10.2. The lowest BCUT2D eigenvalue weighted by Gasteiger charge is -2.28. The summed E-state index contributed by atoms with van der Waals surface area (Å²) in [5.74, 6) is -2.57. The van der Waals surface area contributed by atoms with E-state index in [-0.39, 0.29) is 6.42 Å². The van der Waals surface area contributed by atoms with Crippen LogP contribution in [0.1, 0.15) is 27.2 Å². The fourth-order valence-corrected chi connectivity index (χ4v) is 1.21. The largest absolute Gasteiger partial charge is 0.480 e. The van der Waals surface area contributed by atoms with E-state index in [0.717, 1.165) is 0 Å². The molecule has 7 nitrogen and oxygen atoms in total. The number of primary amides is 1. The highest BCUT2D eigenvalue weighted by atomic mass is 16.4. The number of aliphatic carboxylic acids is 1. The number of nitrogens with one attached hydrogen (secondary N) is 1. The number of hydrogen-bond donors (Lipinski definition) is 4. The third-order valence-electron chi connectivity index (χ3n) is 2.16. The molecule has 98 valence electrons. The van der Waals surface area contributed by atoms with E-state index < -0.39 is 35.3 Å². The van der Waals surface area contributed by atoms with Gasteiger partial charge in [0.05, 0.1) is 12.5 Å². The fourth-order valence-electron chi connectivity index (χ4n) is 1.21. The highest BCUT2D eigenvalue weighted by Crippen LogP contribution is 2.19. The Morgan fingerprint density at radius 3 is 2.06 bits per heavy atom. The van der Waals surface area contributed by atoms with Crippen molar-refractivity contribution in [3.63, 3.8) is 0 Å². The molecule has 2 atom stereocenters. The van der Waals surface area contributed by atoms with Gasteiger partial charge in [0.1, 0.15) is 6.04 Å². The van der Waals surface area contributed by atoms with E-state index >= 15 is 0 Å². The monoisotopic (exact) mass is 245 g/mol. The molecule has 2 unspecified atom stereocenters. The number of rotatable bonds is 5. The summed E-state index contributed by atoms with van der Waals surface area (Å²) in [4.78, 5) is 33.1. The maximum Gasteiger partial charge on any atom is 0.326 e. The average molecular weight is 245 g/mol. The lowest BCUT2D eigenvalue weighted by Crippen LogP contribution is -2.54. The molecule has 0 saturated heterocycles.